The fourth-order valence-corrected chi connectivity index (χ4v) is 3.69. The highest BCUT2D eigenvalue weighted by Gasteiger charge is 2.16. The summed E-state index contributed by atoms with van der Waals surface area (Å²) in [6, 6.07) is 16.8. The first-order valence-electron chi connectivity index (χ1n) is 8.79. The average molecular weight is 324 g/mol. The molecule has 0 amide bonds. The van der Waals surface area contributed by atoms with Crippen molar-refractivity contribution in [1.29, 1.82) is 0 Å². The van der Waals surface area contributed by atoms with Crippen LogP contribution >= 0.6 is 0 Å². The second kappa shape index (κ2) is 6.93. The Bertz CT molecular complexity index is 767. The highest BCUT2D eigenvalue weighted by molar-refractivity contribution is 6.07. The molecule has 2 heterocycles. The third kappa shape index (κ3) is 3.05. The van der Waals surface area contributed by atoms with E-state index in [1.165, 1.54) is 21.8 Å². The Hall–Kier alpha value is -1.88. The summed E-state index contributed by atoms with van der Waals surface area (Å²) in [5.41, 5.74) is 2.36. The molecule has 0 bridgehead atoms. The van der Waals surface area contributed by atoms with Gasteiger partial charge >= 0.3 is 0 Å². The van der Waals surface area contributed by atoms with Crippen LogP contribution in [-0.2, 0) is 11.3 Å². The standard InChI is InChI=1S/C20H24N2O2/c23-15(12-21-13-16-6-5-11-24-16)14-22-19-9-3-1-7-17(19)18-8-2-4-10-20(18)22/h1-4,7-10,15-16,21,23H,5-6,11-14H2/t15-,16-/m1/s1. The van der Waals surface area contributed by atoms with Crippen molar-refractivity contribution < 1.29 is 9.84 Å². The van der Waals surface area contributed by atoms with Crippen LogP contribution in [-0.4, -0.2) is 41.6 Å². The zero-order valence-electron chi connectivity index (χ0n) is 13.8. The van der Waals surface area contributed by atoms with Crippen molar-refractivity contribution in [2.24, 2.45) is 0 Å². The number of rotatable bonds is 6. The van der Waals surface area contributed by atoms with Crippen LogP contribution in [0.4, 0.5) is 0 Å². The average Bonchev–Trinajstić information content (AvgIpc) is 3.23. The SMILES string of the molecule is O[C@H](CNC[C@H]1CCCO1)Cn1c2ccccc2c2ccccc21. The monoisotopic (exact) mass is 324 g/mol. The molecular formula is C20H24N2O2. The summed E-state index contributed by atoms with van der Waals surface area (Å²) < 4.78 is 7.83. The van der Waals surface area contributed by atoms with Crippen LogP contribution in [0.1, 0.15) is 12.8 Å². The van der Waals surface area contributed by atoms with Crippen LogP contribution in [0.15, 0.2) is 48.5 Å². The Morgan fingerprint density at radius 3 is 2.38 bits per heavy atom. The Balaban J connectivity index is 1.50. The zero-order chi connectivity index (χ0) is 16.4. The Labute approximate surface area is 142 Å². The maximum atomic E-state index is 10.5. The molecule has 24 heavy (non-hydrogen) atoms. The molecular weight excluding hydrogens is 300 g/mol. The molecule has 1 saturated heterocycles. The molecule has 0 spiro atoms. The lowest BCUT2D eigenvalue weighted by Crippen LogP contribution is -2.34. The number of aliphatic hydroxyl groups excluding tert-OH is 1. The van der Waals surface area contributed by atoms with E-state index >= 15 is 0 Å². The minimum atomic E-state index is -0.425. The lowest BCUT2D eigenvalue weighted by molar-refractivity contribution is 0.101. The number of benzene rings is 2. The number of ether oxygens (including phenoxy) is 1. The summed E-state index contributed by atoms with van der Waals surface area (Å²) in [7, 11) is 0. The highest BCUT2D eigenvalue weighted by Crippen LogP contribution is 2.28. The van der Waals surface area contributed by atoms with Crippen molar-refractivity contribution in [3.8, 4) is 0 Å². The molecule has 4 heteroatoms. The van der Waals surface area contributed by atoms with Gasteiger partial charge < -0.3 is 19.7 Å². The van der Waals surface area contributed by atoms with Crippen LogP contribution in [0.3, 0.4) is 0 Å². The molecule has 1 aliphatic heterocycles. The minimum absolute atomic E-state index is 0.311. The van der Waals surface area contributed by atoms with Gasteiger partial charge in [0.15, 0.2) is 0 Å². The van der Waals surface area contributed by atoms with Crippen molar-refractivity contribution in [1.82, 2.24) is 9.88 Å². The number of nitrogens with one attached hydrogen (secondary N) is 1. The lowest BCUT2D eigenvalue weighted by Gasteiger charge is -2.16. The highest BCUT2D eigenvalue weighted by atomic mass is 16.5. The molecule has 0 aliphatic carbocycles. The van der Waals surface area contributed by atoms with E-state index in [1.54, 1.807) is 0 Å². The predicted octanol–water partition coefficient (Wildman–Crippen LogP) is 2.92. The first kappa shape index (κ1) is 15.6. The molecule has 1 aliphatic rings. The van der Waals surface area contributed by atoms with Gasteiger partial charge in [-0.05, 0) is 25.0 Å². The smallest absolute Gasteiger partial charge is 0.0843 e. The second-order valence-electron chi connectivity index (χ2n) is 6.59. The molecule has 0 saturated carbocycles. The normalized spacial score (nSPS) is 19.3. The van der Waals surface area contributed by atoms with Gasteiger partial charge in [0, 0.05) is 41.5 Å². The molecule has 4 rings (SSSR count). The van der Waals surface area contributed by atoms with E-state index in [4.69, 9.17) is 4.74 Å². The van der Waals surface area contributed by atoms with E-state index in [0.29, 0.717) is 19.2 Å². The summed E-state index contributed by atoms with van der Waals surface area (Å²) >= 11 is 0. The molecule has 2 atom stereocenters. The summed E-state index contributed by atoms with van der Waals surface area (Å²) in [6.07, 6.45) is 2.16. The van der Waals surface area contributed by atoms with E-state index in [9.17, 15) is 5.11 Å². The van der Waals surface area contributed by atoms with Crippen LogP contribution < -0.4 is 5.32 Å². The quantitative estimate of drug-likeness (QED) is 0.733. The van der Waals surface area contributed by atoms with Crippen molar-refractivity contribution >= 4 is 21.8 Å². The van der Waals surface area contributed by atoms with Gasteiger partial charge in [0.25, 0.3) is 0 Å². The van der Waals surface area contributed by atoms with Gasteiger partial charge in [-0.15, -0.1) is 0 Å². The van der Waals surface area contributed by atoms with E-state index in [2.05, 4.69) is 58.4 Å². The van der Waals surface area contributed by atoms with Gasteiger partial charge in [-0.2, -0.15) is 0 Å². The number of nitrogens with zero attached hydrogens (tertiary/aromatic N) is 1. The Kier molecular flexibility index (Phi) is 4.52. The molecule has 2 aromatic carbocycles. The lowest BCUT2D eigenvalue weighted by atomic mass is 10.2. The van der Waals surface area contributed by atoms with Crippen LogP contribution in [0.25, 0.3) is 21.8 Å². The van der Waals surface area contributed by atoms with Crippen molar-refractivity contribution in [2.75, 3.05) is 19.7 Å². The van der Waals surface area contributed by atoms with Crippen molar-refractivity contribution in [3.63, 3.8) is 0 Å². The zero-order valence-corrected chi connectivity index (χ0v) is 13.8. The largest absolute Gasteiger partial charge is 0.390 e. The Morgan fingerprint density at radius 1 is 1.08 bits per heavy atom. The minimum Gasteiger partial charge on any atom is -0.390 e. The van der Waals surface area contributed by atoms with Gasteiger partial charge in [0.05, 0.1) is 18.8 Å². The molecule has 126 valence electrons. The first-order valence-corrected chi connectivity index (χ1v) is 8.79. The van der Waals surface area contributed by atoms with Gasteiger partial charge in [0.1, 0.15) is 0 Å². The number of aliphatic hydroxyl groups is 1. The van der Waals surface area contributed by atoms with Gasteiger partial charge in [-0.3, -0.25) is 0 Å². The summed E-state index contributed by atoms with van der Waals surface area (Å²) in [5.74, 6) is 0. The van der Waals surface area contributed by atoms with E-state index in [1.807, 2.05) is 0 Å². The Morgan fingerprint density at radius 2 is 1.75 bits per heavy atom. The third-order valence-electron chi connectivity index (χ3n) is 4.85. The molecule has 4 nitrogen and oxygen atoms in total. The number of para-hydroxylation sites is 2. The molecule has 1 aromatic heterocycles. The molecule has 0 unspecified atom stereocenters. The van der Waals surface area contributed by atoms with Crippen LogP contribution in [0.5, 0.6) is 0 Å². The predicted molar refractivity (Wildman–Crippen MR) is 97.3 cm³/mol. The second-order valence-corrected chi connectivity index (χ2v) is 6.59. The number of fused-ring (bicyclic) bond motifs is 3. The molecule has 1 fully saturated rings. The number of aromatic nitrogens is 1. The maximum Gasteiger partial charge on any atom is 0.0843 e. The van der Waals surface area contributed by atoms with Crippen molar-refractivity contribution in [2.45, 2.75) is 31.6 Å². The van der Waals surface area contributed by atoms with E-state index in [0.717, 1.165) is 26.0 Å². The first-order chi connectivity index (χ1) is 11.8. The number of hydrogen-bond donors (Lipinski definition) is 2. The van der Waals surface area contributed by atoms with Crippen molar-refractivity contribution in [3.05, 3.63) is 48.5 Å². The number of hydrogen-bond acceptors (Lipinski definition) is 3. The topological polar surface area (TPSA) is 46.4 Å². The van der Waals surface area contributed by atoms with Crippen LogP contribution in [0, 0.1) is 0 Å². The van der Waals surface area contributed by atoms with Gasteiger partial charge in [-0.25, -0.2) is 0 Å². The van der Waals surface area contributed by atoms with E-state index in [-0.39, 0.29) is 0 Å². The van der Waals surface area contributed by atoms with Gasteiger partial charge in [-0.1, -0.05) is 36.4 Å². The van der Waals surface area contributed by atoms with Gasteiger partial charge in [0.2, 0.25) is 0 Å². The molecule has 0 radical (unpaired) electrons. The third-order valence-corrected chi connectivity index (χ3v) is 4.85. The summed E-state index contributed by atoms with van der Waals surface area (Å²) in [5, 5.41) is 16.3. The fourth-order valence-electron chi connectivity index (χ4n) is 3.69. The summed E-state index contributed by atoms with van der Waals surface area (Å²) in [6.45, 7) is 2.87. The molecule has 3 aromatic rings. The fraction of sp³-hybridized carbons (Fsp3) is 0.400. The van der Waals surface area contributed by atoms with Crippen LogP contribution in [0.2, 0.25) is 0 Å². The molecule has 2 N–H and O–H groups in total. The van der Waals surface area contributed by atoms with E-state index < -0.39 is 6.10 Å². The summed E-state index contributed by atoms with van der Waals surface area (Å²) in [4.78, 5) is 0. The maximum absolute atomic E-state index is 10.5.